The second kappa shape index (κ2) is 8.88. The minimum Gasteiger partial charge on any atom is -0.497 e. The van der Waals surface area contributed by atoms with Gasteiger partial charge in [-0.3, -0.25) is 4.79 Å². The fraction of sp³-hybridized carbons (Fsp3) is 0.400. The third-order valence-corrected chi connectivity index (χ3v) is 6.79. The molecular weight excluding hydrogens is 410 g/mol. The number of benzene rings is 1. The number of rotatable bonds is 7. The van der Waals surface area contributed by atoms with E-state index < -0.39 is 27.9 Å². The van der Waals surface area contributed by atoms with Crippen molar-refractivity contribution in [1.29, 1.82) is 0 Å². The van der Waals surface area contributed by atoms with Crippen LogP contribution in [0.15, 0.2) is 41.4 Å². The fourth-order valence-corrected chi connectivity index (χ4v) is 5.16. The number of amides is 1. The molecule has 0 spiro atoms. The van der Waals surface area contributed by atoms with Crippen molar-refractivity contribution >= 4 is 27.6 Å². The minimum absolute atomic E-state index is 0.0471. The molecular formula is C20H25N3O6S. The fourth-order valence-electron chi connectivity index (χ4n) is 3.43. The molecule has 30 heavy (non-hydrogen) atoms. The first-order valence-electron chi connectivity index (χ1n) is 9.58. The van der Waals surface area contributed by atoms with Gasteiger partial charge < -0.3 is 19.4 Å². The summed E-state index contributed by atoms with van der Waals surface area (Å²) in [5.41, 5.74) is 0.653. The molecule has 0 bridgehead atoms. The predicted molar refractivity (Wildman–Crippen MR) is 110 cm³/mol. The Kier molecular flexibility index (Phi) is 6.47. The molecule has 9 nitrogen and oxygen atoms in total. The van der Waals surface area contributed by atoms with Gasteiger partial charge in [0.25, 0.3) is 0 Å². The van der Waals surface area contributed by atoms with Gasteiger partial charge in [-0.2, -0.15) is 4.31 Å². The van der Waals surface area contributed by atoms with E-state index in [9.17, 15) is 18.0 Å². The third-order valence-electron chi connectivity index (χ3n) is 4.91. The topological polar surface area (TPSA) is 107 Å². The Bertz CT molecular complexity index is 1050. The Labute approximate surface area is 175 Å². The molecule has 1 saturated heterocycles. The number of carbonyl (C=O) groups is 2. The van der Waals surface area contributed by atoms with E-state index in [2.05, 4.69) is 5.32 Å². The van der Waals surface area contributed by atoms with Gasteiger partial charge in [-0.15, -0.1) is 0 Å². The highest BCUT2D eigenvalue weighted by Gasteiger charge is 2.40. The van der Waals surface area contributed by atoms with Crippen molar-refractivity contribution in [1.82, 2.24) is 8.87 Å². The lowest BCUT2D eigenvalue weighted by Crippen LogP contribution is -2.43. The van der Waals surface area contributed by atoms with E-state index in [4.69, 9.17) is 9.47 Å². The number of hydrogen-bond acceptors (Lipinski definition) is 6. The number of nitrogens with one attached hydrogen (secondary N) is 1. The first-order valence-corrected chi connectivity index (χ1v) is 11.0. The highest BCUT2D eigenvalue weighted by molar-refractivity contribution is 7.89. The number of carbonyl (C=O) groups excluding carboxylic acids is 2. The maximum absolute atomic E-state index is 13.2. The van der Waals surface area contributed by atoms with Gasteiger partial charge >= 0.3 is 5.97 Å². The van der Waals surface area contributed by atoms with Crippen molar-refractivity contribution in [2.75, 3.05) is 25.6 Å². The largest absolute Gasteiger partial charge is 0.497 e. The van der Waals surface area contributed by atoms with Gasteiger partial charge in [-0.1, -0.05) is 6.07 Å². The predicted octanol–water partition coefficient (Wildman–Crippen LogP) is 2.00. The number of sulfonamides is 1. The van der Waals surface area contributed by atoms with Crippen molar-refractivity contribution in [2.45, 2.75) is 30.7 Å². The van der Waals surface area contributed by atoms with Crippen LogP contribution in [0, 0.1) is 0 Å². The number of esters is 1. The summed E-state index contributed by atoms with van der Waals surface area (Å²) in [6.45, 7) is 2.08. The molecule has 2 heterocycles. The molecule has 10 heteroatoms. The number of ether oxygens (including phenoxy) is 2. The lowest BCUT2D eigenvalue weighted by molar-refractivity contribution is -0.119. The molecule has 1 aromatic heterocycles. The van der Waals surface area contributed by atoms with E-state index in [1.54, 1.807) is 38.2 Å². The van der Waals surface area contributed by atoms with Gasteiger partial charge in [0.1, 0.15) is 22.4 Å². The van der Waals surface area contributed by atoms with Gasteiger partial charge in [0.15, 0.2) is 0 Å². The second-order valence-electron chi connectivity index (χ2n) is 6.89. The normalized spacial score (nSPS) is 17.0. The van der Waals surface area contributed by atoms with Crippen molar-refractivity contribution < 1.29 is 27.5 Å². The SMILES string of the molecule is CCOC(=O)c1cc(S(=O)(=O)N2CCCC2C(=O)Nc2cccc(OC)c2)cn1C. The molecule has 1 unspecified atom stereocenters. The molecule has 0 aliphatic carbocycles. The number of methoxy groups -OCH3 is 1. The van der Waals surface area contributed by atoms with Crippen LogP contribution in [-0.2, 0) is 26.6 Å². The summed E-state index contributed by atoms with van der Waals surface area (Å²) in [7, 11) is -0.873. The highest BCUT2D eigenvalue weighted by Crippen LogP contribution is 2.28. The Morgan fingerprint density at radius 1 is 1.27 bits per heavy atom. The number of nitrogens with zero attached hydrogens (tertiary/aromatic N) is 2. The van der Waals surface area contributed by atoms with Gasteiger partial charge in [0.2, 0.25) is 15.9 Å². The van der Waals surface area contributed by atoms with Crippen LogP contribution in [-0.4, -0.2) is 55.5 Å². The average molecular weight is 436 g/mol. The van der Waals surface area contributed by atoms with E-state index in [-0.39, 0.29) is 23.7 Å². The second-order valence-corrected chi connectivity index (χ2v) is 8.78. The zero-order valence-corrected chi connectivity index (χ0v) is 17.9. The zero-order chi connectivity index (χ0) is 21.9. The van der Waals surface area contributed by atoms with E-state index >= 15 is 0 Å². The maximum Gasteiger partial charge on any atom is 0.354 e. The number of aromatic nitrogens is 1. The van der Waals surface area contributed by atoms with Crippen LogP contribution in [0.2, 0.25) is 0 Å². The number of aryl methyl sites for hydroxylation is 1. The molecule has 1 aliphatic heterocycles. The quantitative estimate of drug-likeness (QED) is 0.667. The smallest absolute Gasteiger partial charge is 0.354 e. The molecule has 3 rings (SSSR count). The molecule has 1 fully saturated rings. The van der Waals surface area contributed by atoms with E-state index in [1.807, 2.05) is 0 Å². The summed E-state index contributed by atoms with van der Waals surface area (Å²) in [5, 5.41) is 2.76. The first-order chi connectivity index (χ1) is 14.3. The lowest BCUT2D eigenvalue weighted by atomic mass is 10.2. The molecule has 1 N–H and O–H groups in total. The Morgan fingerprint density at radius 2 is 2.03 bits per heavy atom. The van der Waals surface area contributed by atoms with Gasteiger partial charge in [-0.25, -0.2) is 13.2 Å². The number of anilines is 1. The summed E-state index contributed by atoms with van der Waals surface area (Å²) in [6.07, 6.45) is 2.33. The Balaban J connectivity index is 1.82. The molecule has 0 radical (unpaired) electrons. The molecule has 1 aromatic carbocycles. The van der Waals surface area contributed by atoms with Crippen molar-refractivity contribution in [3.8, 4) is 5.75 Å². The maximum atomic E-state index is 13.2. The van der Waals surface area contributed by atoms with Crippen LogP contribution < -0.4 is 10.1 Å². The summed E-state index contributed by atoms with van der Waals surface area (Å²) < 4.78 is 39.1. The van der Waals surface area contributed by atoms with Crippen LogP contribution in [0.3, 0.4) is 0 Å². The Morgan fingerprint density at radius 3 is 2.73 bits per heavy atom. The highest BCUT2D eigenvalue weighted by atomic mass is 32.2. The summed E-state index contributed by atoms with van der Waals surface area (Å²) in [5.74, 6) is -0.430. The third kappa shape index (κ3) is 4.34. The molecule has 1 amide bonds. The molecule has 0 saturated carbocycles. The number of hydrogen-bond donors (Lipinski definition) is 1. The van der Waals surface area contributed by atoms with Crippen LogP contribution in [0.4, 0.5) is 5.69 Å². The Hall–Kier alpha value is -2.85. The molecule has 162 valence electrons. The molecule has 1 atom stereocenters. The van der Waals surface area contributed by atoms with Crippen LogP contribution in [0.5, 0.6) is 5.75 Å². The molecule has 2 aromatic rings. The monoisotopic (exact) mass is 435 g/mol. The van der Waals surface area contributed by atoms with E-state index in [0.717, 1.165) is 0 Å². The summed E-state index contributed by atoms with van der Waals surface area (Å²) in [4.78, 5) is 24.8. The van der Waals surface area contributed by atoms with Gasteiger partial charge in [0.05, 0.1) is 13.7 Å². The van der Waals surface area contributed by atoms with Gasteiger partial charge in [0, 0.05) is 31.5 Å². The van der Waals surface area contributed by atoms with Crippen LogP contribution >= 0.6 is 0 Å². The standard InChI is InChI=1S/C20H25N3O6S/c1-4-29-20(25)18-12-16(13-22(18)2)30(26,27)23-10-6-9-17(23)19(24)21-14-7-5-8-15(11-14)28-3/h5,7-8,11-13,17H,4,6,9-10H2,1-3H3,(H,21,24). The first kappa shape index (κ1) is 21.8. The van der Waals surface area contributed by atoms with Crippen molar-refractivity contribution in [3.63, 3.8) is 0 Å². The van der Waals surface area contributed by atoms with E-state index in [0.29, 0.717) is 24.3 Å². The molecule has 1 aliphatic rings. The van der Waals surface area contributed by atoms with Crippen LogP contribution in [0.1, 0.15) is 30.3 Å². The summed E-state index contributed by atoms with van der Waals surface area (Å²) >= 11 is 0. The van der Waals surface area contributed by atoms with Crippen LogP contribution in [0.25, 0.3) is 0 Å². The van der Waals surface area contributed by atoms with Gasteiger partial charge in [-0.05, 0) is 38.0 Å². The zero-order valence-electron chi connectivity index (χ0n) is 17.1. The minimum atomic E-state index is -3.97. The lowest BCUT2D eigenvalue weighted by Gasteiger charge is -2.23. The van der Waals surface area contributed by atoms with Crippen molar-refractivity contribution in [3.05, 3.63) is 42.2 Å². The summed E-state index contributed by atoms with van der Waals surface area (Å²) in [6, 6.07) is 7.29. The van der Waals surface area contributed by atoms with Crippen molar-refractivity contribution in [2.24, 2.45) is 7.05 Å². The van der Waals surface area contributed by atoms with E-state index in [1.165, 1.54) is 28.2 Å². The average Bonchev–Trinajstić information content (AvgIpc) is 3.36.